The third-order valence-corrected chi connectivity index (χ3v) is 0.922. The van der Waals surface area contributed by atoms with Crippen molar-refractivity contribution < 1.29 is 9.53 Å². The van der Waals surface area contributed by atoms with Crippen LogP contribution in [-0.4, -0.2) is 19.2 Å². The summed E-state index contributed by atoms with van der Waals surface area (Å²) >= 11 is 0. The zero-order valence-corrected chi connectivity index (χ0v) is 4.39. The minimum absolute atomic E-state index is 0.417. The second-order valence-corrected chi connectivity index (χ2v) is 1.54. The van der Waals surface area contributed by atoms with Crippen LogP contribution in [-0.2, 0) is 9.53 Å². The van der Waals surface area contributed by atoms with Crippen LogP contribution in [0.15, 0.2) is 17.7 Å². The Balaban J connectivity index is 2.70. The fourth-order valence-electron chi connectivity index (χ4n) is 0.539. The number of ether oxygens (including phenoxy) is 1. The summed E-state index contributed by atoms with van der Waals surface area (Å²) in [7, 11) is 0. The largest absolute Gasteiger partial charge is 0.372 e. The molecule has 1 aliphatic rings. The average molecular weight is 110 g/mol. The van der Waals surface area contributed by atoms with Crippen molar-refractivity contribution in [3.8, 4) is 0 Å². The van der Waals surface area contributed by atoms with Crippen LogP contribution in [0, 0.1) is 0 Å². The zero-order chi connectivity index (χ0) is 5.82. The normalized spacial score (nSPS) is 18.2. The molecule has 0 spiro atoms. The van der Waals surface area contributed by atoms with Gasteiger partial charge in [0.15, 0.2) is 0 Å². The van der Waals surface area contributed by atoms with E-state index in [9.17, 15) is 4.79 Å². The van der Waals surface area contributed by atoms with Crippen molar-refractivity contribution in [1.29, 1.82) is 0 Å². The van der Waals surface area contributed by atoms with Gasteiger partial charge in [-0.1, -0.05) is 6.08 Å². The van der Waals surface area contributed by atoms with Crippen molar-refractivity contribution in [2.45, 2.75) is 0 Å². The summed E-state index contributed by atoms with van der Waals surface area (Å²) in [5.74, 6) is 1.76. The van der Waals surface area contributed by atoms with E-state index >= 15 is 0 Å². The van der Waals surface area contributed by atoms with Crippen molar-refractivity contribution >= 4 is 5.94 Å². The second kappa shape index (κ2) is 2.46. The van der Waals surface area contributed by atoms with Gasteiger partial charge in [0.25, 0.3) is 0 Å². The average Bonchev–Trinajstić information content (AvgIpc) is 1.90. The number of carbonyl (C=O) groups excluding carboxylic acids is 1. The first kappa shape index (κ1) is 5.29. The number of rotatable bonds is 0. The van der Waals surface area contributed by atoms with Gasteiger partial charge in [-0.05, 0) is 6.08 Å². The minimum Gasteiger partial charge on any atom is -0.372 e. The Hall–Kier alpha value is -0.850. The highest BCUT2D eigenvalue weighted by molar-refractivity contribution is 5.57. The van der Waals surface area contributed by atoms with Gasteiger partial charge in [-0.15, -0.1) is 0 Å². The lowest BCUT2D eigenvalue weighted by Crippen LogP contribution is -2.01. The Morgan fingerprint density at radius 3 is 3.00 bits per heavy atom. The maximum Gasteiger partial charge on any atom is 0.130 e. The maximum absolute atomic E-state index is 9.87. The molecule has 0 aromatic heterocycles. The van der Waals surface area contributed by atoms with Gasteiger partial charge in [0.2, 0.25) is 0 Å². The molecule has 0 bridgehead atoms. The van der Waals surface area contributed by atoms with E-state index in [2.05, 4.69) is 0 Å². The Morgan fingerprint density at radius 1 is 1.75 bits per heavy atom. The van der Waals surface area contributed by atoms with E-state index in [1.807, 2.05) is 0 Å². The van der Waals surface area contributed by atoms with Crippen LogP contribution in [0.1, 0.15) is 0 Å². The molecule has 42 valence electrons. The fourth-order valence-corrected chi connectivity index (χ4v) is 0.539. The van der Waals surface area contributed by atoms with Gasteiger partial charge in [-0.2, -0.15) is 0 Å². The van der Waals surface area contributed by atoms with Crippen LogP contribution >= 0.6 is 0 Å². The van der Waals surface area contributed by atoms with Gasteiger partial charge in [0.05, 0.1) is 18.8 Å². The summed E-state index contributed by atoms with van der Waals surface area (Å²) in [6.07, 6.45) is 3.53. The Bertz CT molecular complexity index is 152. The van der Waals surface area contributed by atoms with Crippen LogP contribution in [0.3, 0.4) is 0 Å². The van der Waals surface area contributed by atoms with Crippen LogP contribution in [0.25, 0.3) is 0 Å². The third kappa shape index (κ3) is 1.06. The van der Waals surface area contributed by atoms with Gasteiger partial charge in [0.1, 0.15) is 5.94 Å². The lowest BCUT2D eigenvalue weighted by atomic mass is 10.2. The van der Waals surface area contributed by atoms with Gasteiger partial charge in [0, 0.05) is 0 Å². The molecule has 0 N–H and O–H groups in total. The molecular formula is C6H6O2. The topological polar surface area (TPSA) is 26.3 Å². The molecule has 0 radical (unpaired) electrons. The number of hydrogen-bond donors (Lipinski definition) is 0. The van der Waals surface area contributed by atoms with Crippen molar-refractivity contribution in [2.75, 3.05) is 13.2 Å². The first-order valence-corrected chi connectivity index (χ1v) is 2.42. The Labute approximate surface area is 47.5 Å². The van der Waals surface area contributed by atoms with Crippen molar-refractivity contribution in [1.82, 2.24) is 0 Å². The maximum atomic E-state index is 9.87. The predicted molar refractivity (Wildman–Crippen MR) is 29.2 cm³/mol. The summed E-state index contributed by atoms with van der Waals surface area (Å²) in [5.41, 5.74) is 0.594. The first-order valence-electron chi connectivity index (χ1n) is 2.42. The fraction of sp³-hybridized carbons (Fsp3) is 0.333. The van der Waals surface area contributed by atoms with Crippen molar-refractivity contribution in [2.24, 2.45) is 0 Å². The molecule has 1 aliphatic heterocycles. The second-order valence-electron chi connectivity index (χ2n) is 1.54. The molecule has 2 nitrogen and oxygen atoms in total. The van der Waals surface area contributed by atoms with Gasteiger partial charge < -0.3 is 4.74 Å². The molecular weight excluding hydrogens is 104 g/mol. The van der Waals surface area contributed by atoms with E-state index in [0.29, 0.717) is 18.8 Å². The van der Waals surface area contributed by atoms with Crippen LogP contribution < -0.4 is 0 Å². The molecule has 0 unspecified atom stereocenters. The highest BCUT2D eigenvalue weighted by Gasteiger charge is 1.96. The van der Waals surface area contributed by atoms with E-state index in [4.69, 9.17) is 4.74 Å². The van der Waals surface area contributed by atoms with Crippen LogP contribution in [0.2, 0.25) is 0 Å². The van der Waals surface area contributed by atoms with Crippen LogP contribution in [0.4, 0.5) is 0 Å². The molecule has 0 fully saturated rings. The molecule has 1 rings (SSSR count). The van der Waals surface area contributed by atoms with E-state index in [0.717, 1.165) is 0 Å². The van der Waals surface area contributed by atoms with Gasteiger partial charge in [-0.3, -0.25) is 0 Å². The summed E-state index contributed by atoms with van der Waals surface area (Å²) in [6.45, 7) is 1.03. The molecule has 0 atom stereocenters. The molecule has 0 aromatic rings. The molecule has 2 heteroatoms. The van der Waals surface area contributed by atoms with Crippen molar-refractivity contribution in [3.63, 3.8) is 0 Å². The lowest BCUT2D eigenvalue weighted by molar-refractivity contribution is 0.183. The van der Waals surface area contributed by atoms with E-state index in [1.165, 1.54) is 0 Å². The zero-order valence-electron chi connectivity index (χ0n) is 4.39. The van der Waals surface area contributed by atoms with E-state index in [1.54, 1.807) is 18.1 Å². The molecule has 0 saturated heterocycles. The Morgan fingerprint density at radius 2 is 2.62 bits per heavy atom. The monoisotopic (exact) mass is 110 g/mol. The molecule has 0 aromatic carbocycles. The minimum atomic E-state index is 0.417. The lowest BCUT2D eigenvalue weighted by Gasteiger charge is -2.02. The molecule has 1 heterocycles. The van der Waals surface area contributed by atoms with Crippen LogP contribution in [0.5, 0.6) is 0 Å². The van der Waals surface area contributed by atoms with Gasteiger partial charge in [-0.25, -0.2) is 4.79 Å². The predicted octanol–water partition coefficient (Wildman–Crippen LogP) is 0.331. The first-order chi connectivity index (χ1) is 3.93. The molecule has 0 aliphatic carbocycles. The summed E-state index contributed by atoms with van der Waals surface area (Å²) in [5, 5.41) is 0. The highest BCUT2D eigenvalue weighted by Crippen LogP contribution is 1.98. The summed E-state index contributed by atoms with van der Waals surface area (Å²) in [6, 6.07) is 0. The summed E-state index contributed by atoms with van der Waals surface area (Å²) < 4.78 is 4.89. The highest BCUT2D eigenvalue weighted by atomic mass is 16.5. The standard InChI is InChI=1S/C6H6O2/c7-4-6-2-1-3-8-5-6/h1-2H,3,5H2. The van der Waals surface area contributed by atoms with Crippen molar-refractivity contribution in [3.05, 3.63) is 17.7 Å². The third-order valence-electron chi connectivity index (χ3n) is 0.922. The van der Waals surface area contributed by atoms with E-state index in [-0.39, 0.29) is 0 Å². The molecule has 0 saturated carbocycles. The summed E-state index contributed by atoms with van der Waals surface area (Å²) in [4.78, 5) is 9.87. The smallest absolute Gasteiger partial charge is 0.130 e. The van der Waals surface area contributed by atoms with E-state index < -0.39 is 0 Å². The quantitative estimate of drug-likeness (QED) is 0.420. The molecule has 8 heavy (non-hydrogen) atoms. The Kier molecular flexibility index (Phi) is 1.62. The SMILES string of the molecule is O=C=C1C=CCOC1. The number of hydrogen-bond acceptors (Lipinski definition) is 2. The molecule has 0 amide bonds. The van der Waals surface area contributed by atoms with Gasteiger partial charge >= 0.3 is 0 Å².